The molecule has 3 rings (SSSR count). The van der Waals surface area contributed by atoms with Crippen molar-refractivity contribution in [2.75, 3.05) is 18.5 Å². The van der Waals surface area contributed by atoms with Gasteiger partial charge in [0.15, 0.2) is 0 Å². The SMILES string of the molecule is CN(CC1CC2CCC1C2)c1cc(=O)[nH]cn1. The molecule has 0 amide bonds. The van der Waals surface area contributed by atoms with Crippen molar-refractivity contribution in [3.63, 3.8) is 0 Å². The van der Waals surface area contributed by atoms with Gasteiger partial charge >= 0.3 is 0 Å². The number of hydrogen-bond donors (Lipinski definition) is 1. The predicted molar refractivity (Wildman–Crippen MR) is 67.1 cm³/mol. The van der Waals surface area contributed by atoms with Crippen LogP contribution in [-0.2, 0) is 0 Å². The van der Waals surface area contributed by atoms with Crippen molar-refractivity contribution in [2.45, 2.75) is 25.7 Å². The molecule has 17 heavy (non-hydrogen) atoms. The molecule has 0 saturated heterocycles. The third kappa shape index (κ3) is 2.08. The molecule has 0 radical (unpaired) electrons. The van der Waals surface area contributed by atoms with E-state index >= 15 is 0 Å². The van der Waals surface area contributed by atoms with Gasteiger partial charge in [0.25, 0.3) is 5.56 Å². The van der Waals surface area contributed by atoms with Crippen LogP contribution in [-0.4, -0.2) is 23.6 Å². The second kappa shape index (κ2) is 4.17. The normalized spacial score (nSPS) is 30.8. The Morgan fingerprint density at radius 3 is 3.00 bits per heavy atom. The van der Waals surface area contributed by atoms with Crippen LogP contribution in [0.5, 0.6) is 0 Å². The molecular formula is C13H19N3O. The first-order chi connectivity index (χ1) is 8.22. The highest BCUT2D eigenvalue weighted by Gasteiger charge is 2.39. The molecule has 3 atom stereocenters. The largest absolute Gasteiger partial charge is 0.359 e. The Kier molecular flexibility index (Phi) is 2.65. The summed E-state index contributed by atoms with van der Waals surface area (Å²) in [4.78, 5) is 20.1. The van der Waals surface area contributed by atoms with E-state index in [-0.39, 0.29) is 5.56 Å². The molecule has 2 aliphatic rings. The van der Waals surface area contributed by atoms with Gasteiger partial charge in [0.1, 0.15) is 5.82 Å². The van der Waals surface area contributed by atoms with E-state index < -0.39 is 0 Å². The van der Waals surface area contributed by atoms with Gasteiger partial charge in [-0.2, -0.15) is 0 Å². The van der Waals surface area contributed by atoms with E-state index in [9.17, 15) is 4.79 Å². The van der Waals surface area contributed by atoms with Crippen LogP contribution in [0.3, 0.4) is 0 Å². The van der Waals surface area contributed by atoms with Gasteiger partial charge in [0.05, 0.1) is 6.33 Å². The molecule has 1 N–H and O–H groups in total. The van der Waals surface area contributed by atoms with Crippen LogP contribution in [0.4, 0.5) is 5.82 Å². The maximum absolute atomic E-state index is 11.2. The summed E-state index contributed by atoms with van der Waals surface area (Å²) in [5.74, 6) is 3.49. The number of aromatic amines is 1. The zero-order chi connectivity index (χ0) is 11.8. The number of nitrogens with zero attached hydrogens (tertiary/aromatic N) is 2. The first-order valence-corrected chi connectivity index (χ1v) is 6.48. The van der Waals surface area contributed by atoms with Crippen LogP contribution in [0.15, 0.2) is 17.2 Å². The molecule has 0 spiro atoms. The first-order valence-electron chi connectivity index (χ1n) is 6.48. The molecule has 2 aliphatic carbocycles. The zero-order valence-electron chi connectivity index (χ0n) is 10.2. The van der Waals surface area contributed by atoms with Crippen LogP contribution < -0.4 is 10.5 Å². The minimum absolute atomic E-state index is 0.0743. The van der Waals surface area contributed by atoms with E-state index in [0.29, 0.717) is 0 Å². The lowest BCUT2D eigenvalue weighted by Gasteiger charge is -2.27. The molecule has 2 saturated carbocycles. The fraction of sp³-hybridized carbons (Fsp3) is 0.692. The number of anilines is 1. The third-order valence-electron chi connectivity index (χ3n) is 4.45. The molecular weight excluding hydrogens is 214 g/mol. The minimum atomic E-state index is -0.0743. The number of fused-ring (bicyclic) bond motifs is 2. The summed E-state index contributed by atoms with van der Waals surface area (Å²) in [7, 11) is 2.04. The highest BCUT2D eigenvalue weighted by atomic mass is 16.1. The molecule has 0 aromatic carbocycles. The maximum Gasteiger partial charge on any atom is 0.252 e. The molecule has 1 aromatic rings. The van der Waals surface area contributed by atoms with Gasteiger partial charge in [0, 0.05) is 19.7 Å². The quantitative estimate of drug-likeness (QED) is 0.863. The number of rotatable bonds is 3. The Labute approximate surface area is 101 Å². The lowest BCUT2D eigenvalue weighted by molar-refractivity contribution is 0.337. The summed E-state index contributed by atoms with van der Waals surface area (Å²) in [5, 5.41) is 0. The molecule has 1 heterocycles. The van der Waals surface area contributed by atoms with Crippen molar-refractivity contribution < 1.29 is 0 Å². The van der Waals surface area contributed by atoms with E-state index in [2.05, 4.69) is 14.9 Å². The summed E-state index contributed by atoms with van der Waals surface area (Å²) < 4.78 is 0. The van der Waals surface area contributed by atoms with Crippen LogP contribution in [0.2, 0.25) is 0 Å². The van der Waals surface area contributed by atoms with Gasteiger partial charge in [-0.25, -0.2) is 4.98 Å². The molecule has 4 heteroatoms. The smallest absolute Gasteiger partial charge is 0.252 e. The van der Waals surface area contributed by atoms with Gasteiger partial charge in [-0.05, 0) is 37.0 Å². The average molecular weight is 233 g/mol. The van der Waals surface area contributed by atoms with E-state index in [4.69, 9.17) is 0 Å². The van der Waals surface area contributed by atoms with Crippen molar-refractivity contribution >= 4 is 5.82 Å². The van der Waals surface area contributed by atoms with Crippen molar-refractivity contribution in [1.82, 2.24) is 9.97 Å². The third-order valence-corrected chi connectivity index (χ3v) is 4.45. The zero-order valence-corrected chi connectivity index (χ0v) is 10.2. The molecule has 4 nitrogen and oxygen atoms in total. The van der Waals surface area contributed by atoms with Crippen molar-refractivity contribution in [2.24, 2.45) is 17.8 Å². The van der Waals surface area contributed by atoms with E-state index in [1.807, 2.05) is 7.05 Å². The monoisotopic (exact) mass is 233 g/mol. The van der Waals surface area contributed by atoms with Gasteiger partial charge in [0.2, 0.25) is 0 Å². The number of nitrogens with one attached hydrogen (secondary N) is 1. The average Bonchev–Trinajstić information content (AvgIpc) is 2.91. The van der Waals surface area contributed by atoms with Crippen molar-refractivity contribution in [3.05, 3.63) is 22.7 Å². The molecule has 3 unspecified atom stereocenters. The number of aromatic nitrogens is 2. The van der Waals surface area contributed by atoms with E-state index in [1.54, 1.807) is 6.07 Å². The summed E-state index contributed by atoms with van der Waals surface area (Å²) in [6, 6.07) is 1.58. The van der Waals surface area contributed by atoms with Crippen LogP contribution in [0.25, 0.3) is 0 Å². The van der Waals surface area contributed by atoms with Crippen LogP contribution in [0, 0.1) is 17.8 Å². The standard InChI is InChI=1S/C13H19N3O/c1-16(12-6-13(17)15-8-14-12)7-11-5-9-2-3-10(11)4-9/h6,8-11H,2-5,7H2,1H3,(H,14,15,17). The molecule has 92 valence electrons. The Morgan fingerprint density at radius 2 is 2.35 bits per heavy atom. The molecule has 2 bridgehead atoms. The Balaban J connectivity index is 1.67. The second-order valence-electron chi connectivity index (χ2n) is 5.58. The minimum Gasteiger partial charge on any atom is -0.359 e. The van der Waals surface area contributed by atoms with Gasteiger partial charge in [-0.3, -0.25) is 4.79 Å². The molecule has 2 fully saturated rings. The highest BCUT2D eigenvalue weighted by Crippen LogP contribution is 2.48. The van der Waals surface area contributed by atoms with E-state index in [1.165, 1.54) is 32.0 Å². The predicted octanol–water partition coefficient (Wildman–Crippen LogP) is 1.64. The van der Waals surface area contributed by atoms with Crippen LogP contribution in [0.1, 0.15) is 25.7 Å². The fourth-order valence-corrected chi connectivity index (χ4v) is 3.61. The summed E-state index contributed by atoms with van der Waals surface area (Å²) >= 11 is 0. The summed E-state index contributed by atoms with van der Waals surface area (Å²) in [6.07, 6.45) is 7.13. The molecule has 0 aliphatic heterocycles. The first kappa shape index (κ1) is 10.8. The maximum atomic E-state index is 11.2. The van der Waals surface area contributed by atoms with Crippen LogP contribution >= 0.6 is 0 Å². The van der Waals surface area contributed by atoms with Gasteiger partial charge < -0.3 is 9.88 Å². The Hall–Kier alpha value is -1.32. The second-order valence-corrected chi connectivity index (χ2v) is 5.58. The highest BCUT2D eigenvalue weighted by molar-refractivity contribution is 5.35. The van der Waals surface area contributed by atoms with Gasteiger partial charge in [-0.15, -0.1) is 0 Å². The lowest BCUT2D eigenvalue weighted by Crippen LogP contribution is -2.30. The van der Waals surface area contributed by atoms with E-state index in [0.717, 1.165) is 30.1 Å². The fourth-order valence-electron chi connectivity index (χ4n) is 3.61. The van der Waals surface area contributed by atoms with Crippen molar-refractivity contribution in [3.8, 4) is 0 Å². The molecule has 1 aromatic heterocycles. The van der Waals surface area contributed by atoms with Crippen molar-refractivity contribution in [1.29, 1.82) is 0 Å². The Bertz CT molecular complexity index is 456. The topological polar surface area (TPSA) is 49.0 Å². The lowest BCUT2D eigenvalue weighted by atomic mass is 9.88. The van der Waals surface area contributed by atoms with Gasteiger partial charge in [-0.1, -0.05) is 6.42 Å². The number of H-pyrrole nitrogens is 1. The summed E-state index contributed by atoms with van der Waals surface area (Å²) in [6.45, 7) is 1.04. The Morgan fingerprint density at radius 1 is 1.47 bits per heavy atom. The number of hydrogen-bond acceptors (Lipinski definition) is 3. The summed E-state index contributed by atoms with van der Waals surface area (Å²) in [5.41, 5.74) is -0.0743.